The van der Waals surface area contributed by atoms with Crippen LogP contribution in [0.15, 0.2) is 36.0 Å². The fourth-order valence-electron chi connectivity index (χ4n) is 3.16. The SMILES string of the molecule is C=C1C=CC(CC2CCCCC2NCCCC)=C1. The molecule has 0 aromatic carbocycles. The monoisotopic (exact) mass is 245 g/mol. The van der Waals surface area contributed by atoms with Gasteiger partial charge in [0.2, 0.25) is 0 Å². The van der Waals surface area contributed by atoms with E-state index in [-0.39, 0.29) is 0 Å². The quantitative estimate of drug-likeness (QED) is 0.685. The lowest BCUT2D eigenvalue weighted by molar-refractivity contribution is 0.261. The number of rotatable bonds is 6. The van der Waals surface area contributed by atoms with E-state index in [2.05, 4.69) is 37.0 Å². The molecule has 2 atom stereocenters. The molecular weight excluding hydrogens is 218 g/mol. The van der Waals surface area contributed by atoms with E-state index in [1.54, 1.807) is 0 Å². The fraction of sp³-hybridized carbons (Fsp3) is 0.647. The first-order valence-corrected chi connectivity index (χ1v) is 7.60. The van der Waals surface area contributed by atoms with Crippen LogP contribution in [0.3, 0.4) is 0 Å². The van der Waals surface area contributed by atoms with Crippen LogP contribution in [-0.4, -0.2) is 12.6 Å². The van der Waals surface area contributed by atoms with Crippen LogP contribution in [0.5, 0.6) is 0 Å². The molecule has 1 nitrogen and oxygen atoms in total. The number of hydrogen-bond acceptors (Lipinski definition) is 1. The minimum Gasteiger partial charge on any atom is -0.314 e. The molecule has 0 saturated heterocycles. The van der Waals surface area contributed by atoms with Gasteiger partial charge in [0.1, 0.15) is 0 Å². The Morgan fingerprint density at radius 2 is 2.11 bits per heavy atom. The molecule has 0 aromatic heterocycles. The summed E-state index contributed by atoms with van der Waals surface area (Å²) >= 11 is 0. The first-order chi connectivity index (χ1) is 8.79. The van der Waals surface area contributed by atoms with Crippen molar-refractivity contribution in [1.29, 1.82) is 0 Å². The standard InChI is InChI=1S/C17H27N/c1-3-4-11-18-17-8-6-5-7-16(17)13-15-10-9-14(2)12-15/h9-10,12,16-18H,2-8,11,13H2,1H3. The van der Waals surface area contributed by atoms with Gasteiger partial charge in [0.05, 0.1) is 0 Å². The van der Waals surface area contributed by atoms with Crippen LogP contribution in [0.25, 0.3) is 0 Å². The van der Waals surface area contributed by atoms with Crippen LogP contribution in [0, 0.1) is 5.92 Å². The summed E-state index contributed by atoms with van der Waals surface area (Å²) in [6.07, 6.45) is 16.0. The average Bonchev–Trinajstić information content (AvgIpc) is 2.77. The van der Waals surface area contributed by atoms with Crippen molar-refractivity contribution in [2.45, 2.75) is 57.9 Å². The second-order valence-electron chi connectivity index (χ2n) is 5.79. The Kier molecular flexibility index (Phi) is 5.25. The summed E-state index contributed by atoms with van der Waals surface area (Å²) in [5.74, 6) is 0.831. The second kappa shape index (κ2) is 6.94. The van der Waals surface area contributed by atoms with Crippen LogP contribution >= 0.6 is 0 Å². The maximum atomic E-state index is 4.00. The van der Waals surface area contributed by atoms with E-state index in [9.17, 15) is 0 Å². The molecule has 1 saturated carbocycles. The summed E-state index contributed by atoms with van der Waals surface area (Å²) in [7, 11) is 0. The minimum atomic E-state index is 0.744. The third kappa shape index (κ3) is 3.84. The van der Waals surface area contributed by atoms with Crippen molar-refractivity contribution in [3.05, 3.63) is 36.0 Å². The summed E-state index contributed by atoms with van der Waals surface area (Å²) in [4.78, 5) is 0. The molecule has 0 radical (unpaired) electrons. The van der Waals surface area contributed by atoms with Crippen LogP contribution in [-0.2, 0) is 0 Å². The highest BCUT2D eigenvalue weighted by atomic mass is 14.9. The predicted molar refractivity (Wildman–Crippen MR) is 79.6 cm³/mol. The van der Waals surface area contributed by atoms with Gasteiger partial charge in [-0.3, -0.25) is 0 Å². The zero-order valence-corrected chi connectivity index (χ0v) is 11.8. The van der Waals surface area contributed by atoms with E-state index in [1.165, 1.54) is 57.1 Å². The van der Waals surface area contributed by atoms with Crippen molar-refractivity contribution in [3.63, 3.8) is 0 Å². The molecule has 1 heteroatoms. The van der Waals surface area contributed by atoms with Gasteiger partial charge >= 0.3 is 0 Å². The van der Waals surface area contributed by atoms with Crippen molar-refractivity contribution in [2.75, 3.05) is 6.54 Å². The molecule has 18 heavy (non-hydrogen) atoms. The predicted octanol–water partition coefficient (Wildman–Crippen LogP) is 4.38. The highest BCUT2D eigenvalue weighted by molar-refractivity contribution is 5.44. The molecule has 1 N–H and O–H groups in total. The van der Waals surface area contributed by atoms with Crippen molar-refractivity contribution in [2.24, 2.45) is 5.92 Å². The average molecular weight is 245 g/mol. The Labute approximate surface area is 112 Å². The van der Waals surface area contributed by atoms with Crippen LogP contribution < -0.4 is 5.32 Å². The van der Waals surface area contributed by atoms with Gasteiger partial charge in [0, 0.05) is 6.04 Å². The van der Waals surface area contributed by atoms with Crippen molar-refractivity contribution in [1.82, 2.24) is 5.32 Å². The van der Waals surface area contributed by atoms with E-state index in [1.807, 2.05) is 0 Å². The molecule has 2 unspecified atom stereocenters. The summed E-state index contributed by atoms with van der Waals surface area (Å²) in [5.41, 5.74) is 2.64. The molecule has 2 aliphatic carbocycles. The highest BCUT2D eigenvalue weighted by Crippen LogP contribution is 2.31. The first kappa shape index (κ1) is 13.6. The van der Waals surface area contributed by atoms with Crippen molar-refractivity contribution in [3.8, 4) is 0 Å². The van der Waals surface area contributed by atoms with Crippen molar-refractivity contribution >= 4 is 0 Å². The number of nitrogens with one attached hydrogen (secondary N) is 1. The van der Waals surface area contributed by atoms with Gasteiger partial charge in [-0.25, -0.2) is 0 Å². The van der Waals surface area contributed by atoms with Gasteiger partial charge in [-0.15, -0.1) is 0 Å². The Bertz CT molecular complexity index is 338. The summed E-state index contributed by atoms with van der Waals surface area (Å²) in [6.45, 7) is 7.46. The fourth-order valence-corrected chi connectivity index (χ4v) is 3.16. The number of allylic oxidation sites excluding steroid dienone is 5. The minimum absolute atomic E-state index is 0.744. The summed E-state index contributed by atoms with van der Waals surface area (Å²) < 4.78 is 0. The lowest BCUT2D eigenvalue weighted by atomic mass is 9.80. The van der Waals surface area contributed by atoms with Crippen molar-refractivity contribution < 1.29 is 0 Å². The third-order valence-corrected chi connectivity index (χ3v) is 4.23. The summed E-state index contributed by atoms with van der Waals surface area (Å²) in [6, 6.07) is 0.744. The largest absolute Gasteiger partial charge is 0.314 e. The summed E-state index contributed by atoms with van der Waals surface area (Å²) in [5, 5.41) is 3.78. The zero-order chi connectivity index (χ0) is 12.8. The lowest BCUT2D eigenvalue weighted by Crippen LogP contribution is -2.39. The maximum Gasteiger partial charge on any atom is 0.00985 e. The van der Waals surface area contributed by atoms with Crippen LogP contribution in [0.2, 0.25) is 0 Å². The van der Waals surface area contributed by atoms with Gasteiger partial charge < -0.3 is 5.32 Å². The van der Waals surface area contributed by atoms with Gasteiger partial charge in [0.15, 0.2) is 0 Å². The molecule has 0 aromatic rings. The molecule has 0 amide bonds. The molecule has 1 fully saturated rings. The van der Waals surface area contributed by atoms with Gasteiger partial charge in [-0.2, -0.15) is 0 Å². The Morgan fingerprint density at radius 3 is 2.83 bits per heavy atom. The van der Waals surface area contributed by atoms with E-state index in [0.29, 0.717) is 0 Å². The first-order valence-electron chi connectivity index (χ1n) is 7.60. The molecule has 0 bridgehead atoms. The maximum absolute atomic E-state index is 4.00. The van der Waals surface area contributed by atoms with Crippen LogP contribution in [0.1, 0.15) is 51.9 Å². The number of unbranched alkanes of at least 4 members (excludes halogenated alkanes) is 1. The molecule has 0 heterocycles. The Hall–Kier alpha value is -0.820. The van der Waals surface area contributed by atoms with Gasteiger partial charge in [-0.1, -0.05) is 51.0 Å². The molecule has 0 spiro atoms. The number of hydrogen-bond donors (Lipinski definition) is 1. The third-order valence-electron chi connectivity index (χ3n) is 4.23. The van der Waals surface area contributed by atoms with Gasteiger partial charge in [0.25, 0.3) is 0 Å². The van der Waals surface area contributed by atoms with E-state index >= 15 is 0 Å². The lowest BCUT2D eigenvalue weighted by Gasteiger charge is -2.32. The molecule has 2 aliphatic rings. The second-order valence-corrected chi connectivity index (χ2v) is 5.79. The smallest absolute Gasteiger partial charge is 0.00985 e. The Balaban J connectivity index is 1.85. The van der Waals surface area contributed by atoms with E-state index < -0.39 is 0 Å². The topological polar surface area (TPSA) is 12.0 Å². The molecular formula is C17H27N. The molecule has 0 aliphatic heterocycles. The molecule has 100 valence electrons. The highest BCUT2D eigenvalue weighted by Gasteiger charge is 2.25. The van der Waals surface area contributed by atoms with Gasteiger partial charge in [-0.05, 0) is 49.3 Å². The Morgan fingerprint density at radius 1 is 1.28 bits per heavy atom. The zero-order valence-electron chi connectivity index (χ0n) is 11.8. The van der Waals surface area contributed by atoms with Crippen LogP contribution in [0.4, 0.5) is 0 Å². The van der Waals surface area contributed by atoms with E-state index in [4.69, 9.17) is 0 Å². The normalized spacial score (nSPS) is 27.6. The molecule has 2 rings (SSSR count). The van der Waals surface area contributed by atoms with E-state index in [0.717, 1.165) is 17.5 Å².